The van der Waals surface area contributed by atoms with Crippen molar-refractivity contribution in [3.8, 4) is 0 Å². The topological polar surface area (TPSA) is 49.4 Å². The molecule has 1 N–H and O–H groups in total. The van der Waals surface area contributed by atoms with Gasteiger partial charge in [-0.25, -0.2) is 0 Å². The van der Waals surface area contributed by atoms with E-state index in [2.05, 4.69) is 5.32 Å². The van der Waals surface area contributed by atoms with E-state index in [-0.39, 0.29) is 23.8 Å². The fourth-order valence-electron chi connectivity index (χ4n) is 3.03. The molecule has 2 aliphatic heterocycles. The normalized spacial score (nSPS) is 34.8. The van der Waals surface area contributed by atoms with Crippen molar-refractivity contribution in [3.05, 3.63) is 0 Å². The van der Waals surface area contributed by atoms with E-state index >= 15 is 0 Å². The smallest absolute Gasteiger partial charge is 0.240 e. The molecular weight excluding hydrogens is 204 g/mol. The van der Waals surface area contributed by atoms with Gasteiger partial charge < -0.3 is 10.2 Å². The number of piperidine rings is 2. The zero-order chi connectivity index (χ0) is 11.7. The first-order valence-electron chi connectivity index (χ1n) is 6.15. The monoisotopic (exact) mass is 224 g/mol. The van der Waals surface area contributed by atoms with Gasteiger partial charge in [-0.3, -0.25) is 9.59 Å². The number of ketones is 1. The molecule has 4 heteroatoms. The highest BCUT2D eigenvalue weighted by Crippen LogP contribution is 2.31. The number of hydrogen-bond donors (Lipinski definition) is 1. The molecule has 0 spiro atoms. The zero-order valence-corrected chi connectivity index (χ0v) is 10.0. The number of nitrogens with one attached hydrogen (secondary N) is 1. The Balaban J connectivity index is 2.20. The van der Waals surface area contributed by atoms with Crippen LogP contribution in [0.2, 0.25) is 0 Å². The van der Waals surface area contributed by atoms with Gasteiger partial charge in [-0.1, -0.05) is 0 Å². The summed E-state index contributed by atoms with van der Waals surface area (Å²) in [6, 6.07) is 0.0540. The van der Waals surface area contributed by atoms with Crippen LogP contribution >= 0.6 is 0 Å². The van der Waals surface area contributed by atoms with Crippen LogP contribution in [0.3, 0.4) is 0 Å². The van der Waals surface area contributed by atoms with Crippen LogP contribution in [0.25, 0.3) is 0 Å². The summed E-state index contributed by atoms with van der Waals surface area (Å²) >= 11 is 0. The van der Waals surface area contributed by atoms with E-state index in [0.29, 0.717) is 6.04 Å². The Kier molecular flexibility index (Phi) is 3.28. The van der Waals surface area contributed by atoms with Gasteiger partial charge >= 0.3 is 0 Å². The molecule has 0 aromatic rings. The van der Waals surface area contributed by atoms with Gasteiger partial charge in [-0.2, -0.15) is 0 Å². The van der Waals surface area contributed by atoms with Crippen LogP contribution in [-0.2, 0) is 9.59 Å². The lowest BCUT2D eigenvalue weighted by Crippen LogP contribution is -2.61. The molecule has 1 amide bonds. The van der Waals surface area contributed by atoms with Gasteiger partial charge in [-0.05, 0) is 46.1 Å². The zero-order valence-electron chi connectivity index (χ0n) is 10.0. The number of nitrogens with zero attached hydrogens (tertiary/aromatic N) is 1. The molecular formula is C12H20N2O2. The molecule has 0 bridgehead atoms. The SMILES string of the molecule is CNC1CCC2CCCC(C(C)=O)N2C1=O. The minimum Gasteiger partial charge on any atom is -0.328 e. The maximum atomic E-state index is 12.2. The average Bonchev–Trinajstić information content (AvgIpc) is 2.29. The van der Waals surface area contributed by atoms with E-state index in [1.54, 1.807) is 6.92 Å². The maximum Gasteiger partial charge on any atom is 0.240 e. The van der Waals surface area contributed by atoms with E-state index < -0.39 is 0 Å². The van der Waals surface area contributed by atoms with Gasteiger partial charge in [0.2, 0.25) is 5.91 Å². The van der Waals surface area contributed by atoms with Crippen molar-refractivity contribution >= 4 is 11.7 Å². The lowest BCUT2D eigenvalue weighted by atomic mass is 9.85. The minimum absolute atomic E-state index is 0.0869. The van der Waals surface area contributed by atoms with Crippen LogP contribution in [-0.4, -0.2) is 41.8 Å². The van der Waals surface area contributed by atoms with E-state index in [9.17, 15) is 9.59 Å². The Hall–Kier alpha value is -0.900. The Morgan fingerprint density at radius 1 is 1.31 bits per heavy atom. The van der Waals surface area contributed by atoms with Crippen LogP contribution in [0.5, 0.6) is 0 Å². The van der Waals surface area contributed by atoms with Crippen molar-refractivity contribution in [2.24, 2.45) is 0 Å². The van der Waals surface area contributed by atoms with E-state index in [0.717, 1.165) is 32.1 Å². The highest BCUT2D eigenvalue weighted by atomic mass is 16.2. The van der Waals surface area contributed by atoms with Crippen molar-refractivity contribution in [3.63, 3.8) is 0 Å². The second-order valence-electron chi connectivity index (χ2n) is 4.88. The molecule has 0 aliphatic carbocycles. The highest BCUT2D eigenvalue weighted by molar-refractivity contribution is 5.90. The van der Waals surface area contributed by atoms with E-state index in [4.69, 9.17) is 0 Å². The number of rotatable bonds is 2. The standard InChI is InChI=1S/C12H20N2O2/c1-8(15)11-5-3-4-9-6-7-10(13-2)12(16)14(9)11/h9-11,13H,3-7H2,1-2H3. The Morgan fingerprint density at radius 3 is 2.69 bits per heavy atom. The van der Waals surface area contributed by atoms with Crippen LogP contribution in [0.1, 0.15) is 39.0 Å². The summed E-state index contributed by atoms with van der Waals surface area (Å²) in [4.78, 5) is 25.7. The Bertz CT molecular complexity index is 303. The molecule has 2 fully saturated rings. The number of hydrogen-bond acceptors (Lipinski definition) is 3. The first kappa shape index (κ1) is 11.6. The van der Waals surface area contributed by atoms with Gasteiger partial charge in [0.25, 0.3) is 0 Å². The molecule has 90 valence electrons. The second kappa shape index (κ2) is 4.53. The van der Waals surface area contributed by atoms with Crippen molar-refractivity contribution in [1.29, 1.82) is 0 Å². The van der Waals surface area contributed by atoms with Gasteiger partial charge in [0.1, 0.15) is 0 Å². The lowest BCUT2D eigenvalue weighted by Gasteiger charge is -2.46. The van der Waals surface area contributed by atoms with Gasteiger partial charge in [-0.15, -0.1) is 0 Å². The Labute approximate surface area is 96.4 Å². The molecule has 0 aromatic carbocycles. The van der Waals surface area contributed by atoms with Gasteiger partial charge in [0.05, 0.1) is 12.1 Å². The predicted octanol–water partition coefficient (Wildman–Crippen LogP) is 0.707. The summed E-state index contributed by atoms with van der Waals surface area (Å²) in [7, 11) is 1.82. The minimum atomic E-state index is -0.164. The molecule has 3 atom stereocenters. The Morgan fingerprint density at radius 2 is 2.06 bits per heavy atom. The van der Waals surface area contributed by atoms with Crippen LogP contribution in [0, 0.1) is 0 Å². The summed E-state index contributed by atoms with van der Waals surface area (Å²) in [6.45, 7) is 1.60. The number of carbonyl (C=O) groups is 2. The van der Waals surface area contributed by atoms with Crippen LogP contribution in [0.15, 0.2) is 0 Å². The average molecular weight is 224 g/mol. The summed E-state index contributed by atoms with van der Waals surface area (Å²) < 4.78 is 0. The molecule has 16 heavy (non-hydrogen) atoms. The molecule has 0 radical (unpaired) electrons. The molecule has 2 aliphatic rings. The fourth-order valence-corrected chi connectivity index (χ4v) is 3.03. The number of likely N-dealkylation sites (N-methyl/N-ethyl adjacent to an activating group) is 1. The fraction of sp³-hybridized carbons (Fsp3) is 0.833. The highest BCUT2D eigenvalue weighted by Gasteiger charge is 2.41. The number of Topliss-reactive ketones (excluding diaryl/α,β-unsaturated/α-hetero) is 1. The molecule has 2 saturated heterocycles. The van der Waals surface area contributed by atoms with Crippen molar-refractivity contribution in [1.82, 2.24) is 10.2 Å². The molecule has 4 nitrogen and oxygen atoms in total. The molecule has 0 aromatic heterocycles. The maximum absolute atomic E-state index is 12.2. The summed E-state index contributed by atoms with van der Waals surface area (Å²) in [5, 5.41) is 3.04. The van der Waals surface area contributed by atoms with E-state index in [1.165, 1.54) is 0 Å². The van der Waals surface area contributed by atoms with Gasteiger partial charge in [0.15, 0.2) is 5.78 Å². The van der Waals surface area contributed by atoms with E-state index in [1.807, 2.05) is 11.9 Å². The van der Waals surface area contributed by atoms with Crippen LogP contribution < -0.4 is 5.32 Å². The number of amides is 1. The molecule has 2 heterocycles. The van der Waals surface area contributed by atoms with Crippen molar-refractivity contribution in [2.45, 2.75) is 57.2 Å². The quantitative estimate of drug-likeness (QED) is 0.751. The third kappa shape index (κ3) is 1.86. The first-order valence-corrected chi connectivity index (χ1v) is 6.15. The van der Waals surface area contributed by atoms with Crippen LogP contribution in [0.4, 0.5) is 0 Å². The van der Waals surface area contributed by atoms with Gasteiger partial charge in [0, 0.05) is 6.04 Å². The first-order chi connectivity index (χ1) is 7.65. The molecule has 0 saturated carbocycles. The predicted molar refractivity (Wildman–Crippen MR) is 61.0 cm³/mol. The summed E-state index contributed by atoms with van der Waals surface area (Å²) in [6.07, 6.45) is 4.91. The summed E-state index contributed by atoms with van der Waals surface area (Å²) in [5.41, 5.74) is 0. The third-order valence-electron chi connectivity index (χ3n) is 3.90. The number of fused-ring (bicyclic) bond motifs is 1. The molecule has 2 rings (SSSR count). The number of carbonyl (C=O) groups excluding carboxylic acids is 2. The van der Waals surface area contributed by atoms with Crippen molar-refractivity contribution < 1.29 is 9.59 Å². The third-order valence-corrected chi connectivity index (χ3v) is 3.90. The molecule has 3 unspecified atom stereocenters. The summed E-state index contributed by atoms with van der Waals surface area (Å²) in [5.74, 6) is 0.258. The van der Waals surface area contributed by atoms with Crippen molar-refractivity contribution in [2.75, 3.05) is 7.05 Å². The largest absolute Gasteiger partial charge is 0.328 e. The lowest BCUT2D eigenvalue weighted by molar-refractivity contribution is -0.149. The second-order valence-corrected chi connectivity index (χ2v) is 4.88.